The lowest BCUT2D eigenvalue weighted by Crippen LogP contribution is -2.24. The summed E-state index contributed by atoms with van der Waals surface area (Å²) in [6.07, 6.45) is 0.00224. The zero-order chi connectivity index (χ0) is 17.0. The van der Waals surface area contributed by atoms with E-state index in [1.807, 2.05) is 0 Å². The van der Waals surface area contributed by atoms with Crippen molar-refractivity contribution in [2.45, 2.75) is 25.2 Å². The number of nitrogens with zero attached hydrogens (tertiary/aromatic N) is 2. The number of amides is 1. The van der Waals surface area contributed by atoms with Crippen molar-refractivity contribution >= 4 is 44.2 Å². The van der Waals surface area contributed by atoms with Crippen LogP contribution in [0.15, 0.2) is 23.1 Å². The molecule has 23 heavy (non-hydrogen) atoms. The average Bonchev–Trinajstić information content (AvgIpc) is 2.88. The van der Waals surface area contributed by atoms with Crippen molar-refractivity contribution in [3.05, 3.63) is 34.6 Å². The number of hydrogen-bond donors (Lipinski definition) is 2. The predicted molar refractivity (Wildman–Crippen MR) is 89.3 cm³/mol. The molecule has 1 aromatic heterocycles. The van der Waals surface area contributed by atoms with Crippen molar-refractivity contribution in [3.8, 4) is 0 Å². The van der Waals surface area contributed by atoms with Crippen molar-refractivity contribution in [1.82, 2.24) is 14.7 Å². The molecule has 0 atom stereocenters. The molecule has 1 amide bonds. The zero-order valence-corrected chi connectivity index (χ0v) is 14.8. The second kappa shape index (κ2) is 7.24. The monoisotopic (exact) mass is 374 g/mol. The summed E-state index contributed by atoms with van der Waals surface area (Å²) in [4.78, 5) is 15.6. The molecule has 0 fully saturated rings. The number of aromatic nitrogens is 2. The van der Waals surface area contributed by atoms with Gasteiger partial charge in [0.05, 0.1) is 11.3 Å². The summed E-state index contributed by atoms with van der Waals surface area (Å²) in [7, 11) is -3.82. The molecule has 1 heterocycles. The average molecular weight is 375 g/mol. The third kappa shape index (κ3) is 4.40. The van der Waals surface area contributed by atoms with Gasteiger partial charge in [-0.3, -0.25) is 9.52 Å². The van der Waals surface area contributed by atoms with Crippen LogP contribution in [0.25, 0.3) is 0 Å². The van der Waals surface area contributed by atoms with E-state index in [1.165, 1.54) is 6.07 Å². The second-order valence-corrected chi connectivity index (χ2v) is 7.42. The molecular weight excluding hydrogens is 360 g/mol. The van der Waals surface area contributed by atoms with Crippen molar-refractivity contribution < 1.29 is 13.2 Å². The normalized spacial score (nSPS) is 11.3. The number of likely N-dealkylation sites (N-methyl/N-ethyl adjacent to an activating group) is 1. The van der Waals surface area contributed by atoms with E-state index in [4.69, 9.17) is 11.6 Å². The van der Waals surface area contributed by atoms with Gasteiger partial charge in [0.2, 0.25) is 11.0 Å². The fourth-order valence-corrected chi connectivity index (χ4v) is 4.13. The Morgan fingerprint density at radius 3 is 2.83 bits per heavy atom. The van der Waals surface area contributed by atoms with E-state index in [1.54, 1.807) is 26.0 Å². The Morgan fingerprint density at radius 2 is 2.13 bits per heavy atom. The maximum Gasteiger partial charge on any atom is 0.264 e. The van der Waals surface area contributed by atoms with Gasteiger partial charge >= 0.3 is 0 Å². The van der Waals surface area contributed by atoms with E-state index in [0.29, 0.717) is 17.1 Å². The largest absolute Gasteiger partial charge is 0.356 e. The Labute approximate surface area is 143 Å². The minimum atomic E-state index is -3.82. The number of nitrogens with one attached hydrogen (secondary N) is 2. The van der Waals surface area contributed by atoms with Gasteiger partial charge in [0.1, 0.15) is 0 Å². The van der Waals surface area contributed by atoms with Crippen LogP contribution in [0, 0.1) is 6.92 Å². The molecule has 0 bridgehead atoms. The van der Waals surface area contributed by atoms with Crippen molar-refractivity contribution in [2.75, 3.05) is 11.3 Å². The molecule has 0 saturated carbocycles. The van der Waals surface area contributed by atoms with E-state index in [-0.39, 0.29) is 28.2 Å². The smallest absolute Gasteiger partial charge is 0.264 e. The molecule has 0 saturated heterocycles. The zero-order valence-electron chi connectivity index (χ0n) is 12.5. The highest BCUT2D eigenvalue weighted by Gasteiger charge is 2.20. The minimum absolute atomic E-state index is 0.00224. The second-order valence-electron chi connectivity index (χ2n) is 4.61. The predicted octanol–water partition coefficient (Wildman–Crippen LogP) is 1.98. The van der Waals surface area contributed by atoms with E-state index in [2.05, 4.69) is 19.4 Å². The Hall–Kier alpha value is -1.71. The fraction of sp³-hybridized carbons (Fsp3) is 0.308. The summed E-state index contributed by atoms with van der Waals surface area (Å²) in [5.74, 6) is 0.0480. The molecule has 0 unspecified atom stereocenters. The molecule has 124 valence electrons. The number of benzene rings is 1. The van der Waals surface area contributed by atoms with Gasteiger partial charge in [0, 0.05) is 23.1 Å². The van der Waals surface area contributed by atoms with Gasteiger partial charge in [-0.25, -0.2) is 13.4 Å². The number of carbonyl (C=O) groups excluding carboxylic acids is 1. The molecule has 0 aliphatic heterocycles. The van der Waals surface area contributed by atoms with Crippen LogP contribution in [0.1, 0.15) is 18.3 Å². The van der Waals surface area contributed by atoms with Crippen LogP contribution in [0.2, 0.25) is 5.02 Å². The van der Waals surface area contributed by atoms with E-state index >= 15 is 0 Å². The number of rotatable bonds is 6. The third-order valence-electron chi connectivity index (χ3n) is 2.89. The van der Waals surface area contributed by atoms with Gasteiger partial charge in [-0.15, -0.1) is 0 Å². The number of sulfonamides is 1. The number of hydrogen-bond acceptors (Lipinski definition) is 6. The van der Waals surface area contributed by atoms with Gasteiger partial charge in [0.25, 0.3) is 10.0 Å². The van der Waals surface area contributed by atoms with E-state index in [0.717, 1.165) is 11.5 Å². The quantitative estimate of drug-likeness (QED) is 0.805. The molecule has 2 aromatic rings. The number of carbonyl (C=O) groups is 1. The van der Waals surface area contributed by atoms with Crippen LogP contribution in [-0.4, -0.2) is 30.2 Å². The number of halogens is 1. The molecule has 1 aromatic carbocycles. The van der Waals surface area contributed by atoms with Crippen LogP contribution >= 0.6 is 23.1 Å². The summed E-state index contributed by atoms with van der Waals surface area (Å²) in [6, 6.07) is 4.63. The van der Waals surface area contributed by atoms with Crippen LogP contribution in [0.3, 0.4) is 0 Å². The van der Waals surface area contributed by atoms with Gasteiger partial charge in [0.15, 0.2) is 5.82 Å². The standard InChI is InChI=1S/C13H15ClN4O3S2/c1-3-15-12(19)7-11-16-13(22-17-11)18-23(20,21)10-6-4-5-9(14)8(10)2/h4-6H,3,7H2,1-2H3,(H,15,19)(H,16,17,18). The third-order valence-corrected chi connectivity index (χ3v) is 5.58. The Kier molecular flexibility index (Phi) is 5.55. The highest BCUT2D eigenvalue weighted by Crippen LogP contribution is 2.25. The molecule has 10 heteroatoms. The van der Waals surface area contributed by atoms with Crippen LogP contribution < -0.4 is 10.0 Å². The van der Waals surface area contributed by atoms with Crippen LogP contribution in [0.4, 0.5) is 5.13 Å². The van der Waals surface area contributed by atoms with E-state index in [9.17, 15) is 13.2 Å². The fourth-order valence-electron chi connectivity index (χ4n) is 1.82. The Balaban J connectivity index is 2.17. The lowest BCUT2D eigenvalue weighted by Gasteiger charge is -2.08. The first-order valence-corrected chi connectivity index (χ1v) is 9.34. The molecule has 2 rings (SSSR count). The molecule has 2 N–H and O–H groups in total. The SMILES string of the molecule is CCNC(=O)Cc1nsc(NS(=O)(=O)c2cccc(Cl)c2C)n1. The first-order valence-electron chi connectivity index (χ1n) is 6.70. The van der Waals surface area contributed by atoms with Crippen molar-refractivity contribution in [1.29, 1.82) is 0 Å². The maximum atomic E-state index is 12.4. The summed E-state index contributed by atoms with van der Waals surface area (Å²) in [6.45, 7) is 3.94. The Bertz CT molecular complexity index is 820. The van der Waals surface area contributed by atoms with Crippen LogP contribution in [0.5, 0.6) is 0 Å². The van der Waals surface area contributed by atoms with Gasteiger partial charge in [-0.05, 0) is 31.5 Å². The molecule has 0 radical (unpaired) electrons. The minimum Gasteiger partial charge on any atom is -0.356 e. The van der Waals surface area contributed by atoms with E-state index < -0.39 is 10.0 Å². The lowest BCUT2D eigenvalue weighted by molar-refractivity contribution is -0.120. The van der Waals surface area contributed by atoms with Crippen molar-refractivity contribution in [3.63, 3.8) is 0 Å². The first-order chi connectivity index (χ1) is 10.8. The molecule has 0 aliphatic carbocycles. The molecule has 0 spiro atoms. The summed E-state index contributed by atoms with van der Waals surface area (Å²) in [5.41, 5.74) is 0.453. The molecular formula is C13H15ClN4O3S2. The summed E-state index contributed by atoms with van der Waals surface area (Å²) in [5, 5.41) is 3.09. The molecule has 0 aliphatic rings. The lowest BCUT2D eigenvalue weighted by atomic mass is 10.2. The van der Waals surface area contributed by atoms with Gasteiger partial charge in [-0.1, -0.05) is 17.7 Å². The number of anilines is 1. The van der Waals surface area contributed by atoms with Gasteiger partial charge in [-0.2, -0.15) is 4.37 Å². The first kappa shape index (κ1) is 17.6. The molecule has 7 nitrogen and oxygen atoms in total. The van der Waals surface area contributed by atoms with Gasteiger partial charge < -0.3 is 5.32 Å². The topological polar surface area (TPSA) is 101 Å². The highest BCUT2D eigenvalue weighted by atomic mass is 35.5. The summed E-state index contributed by atoms with van der Waals surface area (Å²) < 4.78 is 31.1. The van der Waals surface area contributed by atoms with Crippen LogP contribution in [-0.2, 0) is 21.2 Å². The van der Waals surface area contributed by atoms with Crippen molar-refractivity contribution in [2.24, 2.45) is 0 Å². The summed E-state index contributed by atoms with van der Waals surface area (Å²) >= 11 is 6.83. The highest BCUT2D eigenvalue weighted by molar-refractivity contribution is 7.93. The maximum absolute atomic E-state index is 12.4. The Morgan fingerprint density at radius 1 is 1.39 bits per heavy atom.